The molecule has 3 aromatic rings. The van der Waals surface area contributed by atoms with Crippen molar-refractivity contribution >= 4 is 23.4 Å². The molecule has 2 aliphatic heterocycles. The minimum atomic E-state index is -0.810. The molecule has 0 saturated carbocycles. The molecule has 1 atom stereocenters. The Morgan fingerprint density at radius 2 is 1.73 bits per heavy atom. The summed E-state index contributed by atoms with van der Waals surface area (Å²) in [5.74, 6) is -1.22. The Morgan fingerprint density at radius 3 is 2.46 bits per heavy atom. The molecule has 0 aliphatic carbocycles. The van der Waals surface area contributed by atoms with Gasteiger partial charge in [0, 0.05) is 12.1 Å². The number of ether oxygens (including phenoxy) is 3. The van der Waals surface area contributed by atoms with Crippen LogP contribution in [0.3, 0.4) is 0 Å². The molecule has 8 heteroatoms. The van der Waals surface area contributed by atoms with Gasteiger partial charge in [-0.3, -0.25) is 9.59 Å². The van der Waals surface area contributed by atoms with E-state index in [1.54, 1.807) is 49.4 Å². The maximum atomic E-state index is 13.3. The lowest BCUT2D eigenvalue weighted by molar-refractivity contribution is -0.140. The van der Waals surface area contributed by atoms with Gasteiger partial charge in [0.25, 0.3) is 11.7 Å². The number of aliphatic hydroxyl groups is 1. The fraction of sp³-hybridized carbons (Fsp3) is 0.207. The van der Waals surface area contributed by atoms with Gasteiger partial charge < -0.3 is 24.2 Å². The zero-order valence-corrected chi connectivity index (χ0v) is 20.4. The van der Waals surface area contributed by atoms with Crippen LogP contribution < -0.4 is 9.47 Å². The second-order valence-electron chi connectivity index (χ2n) is 8.83. The molecular formula is C29H25NO7. The topological polar surface area (TPSA) is 102 Å². The minimum absolute atomic E-state index is 0.00221. The first-order chi connectivity index (χ1) is 17.9. The fourth-order valence-electron chi connectivity index (χ4n) is 4.59. The van der Waals surface area contributed by atoms with Gasteiger partial charge in [-0.2, -0.15) is 0 Å². The number of rotatable bonds is 6. The van der Waals surface area contributed by atoms with E-state index in [4.69, 9.17) is 14.2 Å². The molecule has 1 amide bonds. The van der Waals surface area contributed by atoms with Crippen molar-refractivity contribution in [3.05, 3.63) is 100 Å². The normalized spacial score (nSPS) is 17.8. The number of aliphatic hydroxyl groups excluding tert-OH is 1. The van der Waals surface area contributed by atoms with Crippen LogP contribution in [0.1, 0.15) is 45.6 Å². The number of carbonyl (C=O) groups is 3. The summed E-state index contributed by atoms with van der Waals surface area (Å²) in [6, 6.07) is 18.2. The summed E-state index contributed by atoms with van der Waals surface area (Å²) in [5.41, 5.74) is 3.10. The van der Waals surface area contributed by atoms with E-state index in [2.05, 4.69) is 0 Å². The second kappa shape index (κ2) is 9.81. The number of ketones is 1. The lowest BCUT2D eigenvalue weighted by atomic mass is 9.94. The number of amides is 1. The standard InChI is InChI=1S/C29H25NO7/c1-3-35-29(34)19-9-7-18(8-10-19)15-30-25(20-6-4-5-17(2)13-20)24(27(32)28(30)33)26(31)21-11-12-22-23(14-21)37-16-36-22/h4-14,25,31H,3,15-16H2,1-2H3/b26-24-. The van der Waals surface area contributed by atoms with E-state index >= 15 is 0 Å². The molecule has 8 nitrogen and oxygen atoms in total. The Labute approximate surface area is 213 Å². The molecule has 0 bridgehead atoms. The third-order valence-electron chi connectivity index (χ3n) is 6.36. The van der Waals surface area contributed by atoms with Gasteiger partial charge in [0.05, 0.1) is 23.8 Å². The molecular weight excluding hydrogens is 474 g/mol. The minimum Gasteiger partial charge on any atom is -0.507 e. The van der Waals surface area contributed by atoms with Crippen molar-refractivity contribution in [3.63, 3.8) is 0 Å². The molecule has 2 aliphatic rings. The Kier molecular flexibility index (Phi) is 6.40. The van der Waals surface area contributed by atoms with Crippen LogP contribution in [-0.2, 0) is 20.9 Å². The van der Waals surface area contributed by atoms with Crippen molar-refractivity contribution < 1.29 is 33.7 Å². The number of hydrogen-bond donors (Lipinski definition) is 1. The molecule has 0 aromatic heterocycles. The summed E-state index contributed by atoms with van der Waals surface area (Å²) < 4.78 is 15.8. The molecule has 2 heterocycles. The number of hydrogen-bond acceptors (Lipinski definition) is 7. The van der Waals surface area contributed by atoms with Gasteiger partial charge in [0.1, 0.15) is 5.76 Å². The van der Waals surface area contributed by atoms with E-state index in [1.165, 1.54) is 4.90 Å². The number of nitrogens with zero attached hydrogens (tertiary/aromatic N) is 1. The third-order valence-corrected chi connectivity index (χ3v) is 6.36. The number of fused-ring (bicyclic) bond motifs is 1. The van der Waals surface area contributed by atoms with E-state index < -0.39 is 23.7 Å². The summed E-state index contributed by atoms with van der Waals surface area (Å²) in [5, 5.41) is 11.3. The van der Waals surface area contributed by atoms with Crippen LogP contribution in [0, 0.1) is 6.92 Å². The zero-order chi connectivity index (χ0) is 26.1. The van der Waals surface area contributed by atoms with Gasteiger partial charge in [-0.25, -0.2) is 4.79 Å². The average Bonchev–Trinajstić information content (AvgIpc) is 3.47. The SMILES string of the molecule is CCOC(=O)c1ccc(CN2C(=O)C(=O)/C(=C(\O)c3ccc4c(c3)OCO4)C2c2cccc(C)c2)cc1. The monoisotopic (exact) mass is 499 g/mol. The Balaban J connectivity index is 1.55. The first-order valence-corrected chi connectivity index (χ1v) is 11.9. The van der Waals surface area contributed by atoms with Gasteiger partial charge >= 0.3 is 5.97 Å². The number of carbonyl (C=O) groups excluding carboxylic acids is 3. The van der Waals surface area contributed by atoms with Crippen LogP contribution in [0.25, 0.3) is 5.76 Å². The highest BCUT2D eigenvalue weighted by atomic mass is 16.7. The molecule has 37 heavy (non-hydrogen) atoms. The van der Waals surface area contributed by atoms with Crippen molar-refractivity contribution in [1.82, 2.24) is 4.90 Å². The van der Waals surface area contributed by atoms with E-state index in [0.29, 0.717) is 28.2 Å². The number of likely N-dealkylation sites (tertiary alicyclic amines) is 1. The van der Waals surface area contributed by atoms with Crippen molar-refractivity contribution in [3.8, 4) is 11.5 Å². The molecule has 0 radical (unpaired) electrons. The van der Waals surface area contributed by atoms with Crippen molar-refractivity contribution in [2.45, 2.75) is 26.4 Å². The van der Waals surface area contributed by atoms with Gasteiger partial charge in [0.15, 0.2) is 11.5 Å². The number of benzene rings is 3. The largest absolute Gasteiger partial charge is 0.507 e. The maximum absolute atomic E-state index is 13.3. The second-order valence-corrected chi connectivity index (χ2v) is 8.83. The lowest BCUT2D eigenvalue weighted by Gasteiger charge is -2.26. The van der Waals surface area contributed by atoms with Crippen LogP contribution >= 0.6 is 0 Å². The van der Waals surface area contributed by atoms with Crippen molar-refractivity contribution in [2.75, 3.05) is 13.4 Å². The van der Waals surface area contributed by atoms with Crippen molar-refractivity contribution in [2.24, 2.45) is 0 Å². The Morgan fingerprint density at radius 1 is 1.00 bits per heavy atom. The molecule has 188 valence electrons. The highest BCUT2D eigenvalue weighted by Crippen LogP contribution is 2.42. The van der Waals surface area contributed by atoms with Gasteiger partial charge in [0.2, 0.25) is 6.79 Å². The van der Waals surface area contributed by atoms with Crippen LogP contribution in [0.2, 0.25) is 0 Å². The quantitative estimate of drug-likeness (QED) is 0.230. The molecule has 3 aromatic carbocycles. The summed E-state index contributed by atoms with van der Waals surface area (Å²) >= 11 is 0. The molecule has 1 saturated heterocycles. The molecule has 1 unspecified atom stereocenters. The van der Waals surface area contributed by atoms with E-state index in [-0.39, 0.29) is 31.3 Å². The smallest absolute Gasteiger partial charge is 0.338 e. The summed E-state index contributed by atoms with van der Waals surface area (Å²) in [4.78, 5) is 40.0. The van der Waals surface area contributed by atoms with E-state index in [9.17, 15) is 19.5 Å². The van der Waals surface area contributed by atoms with Crippen LogP contribution in [-0.4, -0.2) is 41.1 Å². The first-order valence-electron chi connectivity index (χ1n) is 11.9. The highest BCUT2D eigenvalue weighted by molar-refractivity contribution is 6.46. The predicted octanol–water partition coefficient (Wildman–Crippen LogP) is 4.52. The third kappa shape index (κ3) is 4.53. The maximum Gasteiger partial charge on any atom is 0.338 e. The molecule has 0 spiro atoms. The van der Waals surface area contributed by atoms with Crippen LogP contribution in [0.15, 0.2) is 72.3 Å². The average molecular weight is 500 g/mol. The lowest BCUT2D eigenvalue weighted by Crippen LogP contribution is -2.29. The molecule has 1 N–H and O–H groups in total. The van der Waals surface area contributed by atoms with Crippen LogP contribution in [0.4, 0.5) is 0 Å². The molecule has 5 rings (SSSR count). The Hall–Kier alpha value is -4.59. The summed E-state index contributed by atoms with van der Waals surface area (Å²) in [6.45, 7) is 4.09. The van der Waals surface area contributed by atoms with Crippen molar-refractivity contribution in [1.29, 1.82) is 0 Å². The first kappa shape index (κ1) is 24.1. The number of esters is 1. The van der Waals surface area contributed by atoms with Gasteiger partial charge in [-0.15, -0.1) is 0 Å². The van der Waals surface area contributed by atoms with E-state index in [0.717, 1.165) is 11.1 Å². The summed E-state index contributed by atoms with van der Waals surface area (Å²) in [7, 11) is 0. The van der Waals surface area contributed by atoms with Crippen LogP contribution in [0.5, 0.6) is 11.5 Å². The molecule has 1 fully saturated rings. The fourth-order valence-corrected chi connectivity index (χ4v) is 4.59. The summed E-state index contributed by atoms with van der Waals surface area (Å²) in [6.07, 6.45) is 0. The van der Waals surface area contributed by atoms with Gasteiger partial charge in [-0.1, -0.05) is 42.0 Å². The number of aryl methyl sites for hydroxylation is 1. The zero-order valence-electron chi connectivity index (χ0n) is 20.4. The highest BCUT2D eigenvalue weighted by Gasteiger charge is 2.46. The van der Waals surface area contributed by atoms with Gasteiger partial charge in [-0.05, 0) is 55.3 Å². The Bertz CT molecular complexity index is 1420. The predicted molar refractivity (Wildman–Crippen MR) is 134 cm³/mol. The number of Topliss-reactive ketones (excluding diaryl/α,β-unsaturated/α-hetero) is 1. The van der Waals surface area contributed by atoms with E-state index in [1.807, 2.05) is 31.2 Å².